The summed E-state index contributed by atoms with van der Waals surface area (Å²) in [4.78, 5) is 30.3. The first kappa shape index (κ1) is 37.6. The first-order chi connectivity index (χ1) is 22.2. The monoisotopic (exact) mass is 670 g/mol. The molecular formula is C37H54N2O9. The number of nitrogens with zero attached hydrogens (tertiary/aromatic N) is 2. The van der Waals surface area contributed by atoms with Gasteiger partial charge in [0.15, 0.2) is 0 Å². The van der Waals surface area contributed by atoms with Gasteiger partial charge in [-0.15, -0.1) is 0 Å². The van der Waals surface area contributed by atoms with Crippen LogP contribution in [0.5, 0.6) is 11.5 Å². The number of carbonyl (C=O) groups is 2. The van der Waals surface area contributed by atoms with E-state index >= 15 is 0 Å². The van der Waals surface area contributed by atoms with Crippen LogP contribution >= 0.6 is 0 Å². The summed E-state index contributed by atoms with van der Waals surface area (Å²) >= 11 is 0. The smallest absolute Gasteiger partial charge is 0.320 e. The van der Waals surface area contributed by atoms with Crippen LogP contribution in [0.15, 0.2) is 36.4 Å². The van der Waals surface area contributed by atoms with Crippen LogP contribution in [-0.2, 0) is 54.8 Å². The van der Waals surface area contributed by atoms with Gasteiger partial charge in [-0.05, 0) is 41.5 Å². The molecule has 11 heteroatoms. The summed E-state index contributed by atoms with van der Waals surface area (Å²) in [6.07, 6.45) is 0. The molecule has 266 valence electrons. The highest BCUT2D eigenvalue weighted by atomic mass is 16.7. The molecule has 1 atom stereocenters. The van der Waals surface area contributed by atoms with Crippen LogP contribution < -0.4 is 9.47 Å². The van der Waals surface area contributed by atoms with Crippen LogP contribution in [0.2, 0.25) is 0 Å². The fraction of sp³-hybridized carbons (Fsp3) is 0.622. The first-order valence-corrected chi connectivity index (χ1v) is 16.6. The van der Waals surface area contributed by atoms with Gasteiger partial charge in [0, 0.05) is 75.6 Å². The Balaban J connectivity index is 1.68. The number of esters is 2. The molecule has 2 aromatic carbocycles. The fourth-order valence-corrected chi connectivity index (χ4v) is 5.71. The van der Waals surface area contributed by atoms with Crippen LogP contribution in [0, 0.1) is 0 Å². The fourth-order valence-electron chi connectivity index (χ4n) is 5.71. The number of fused-ring (bicyclic) bond motifs is 2. The Morgan fingerprint density at radius 3 is 1.69 bits per heavy atom. The molecule has 0 amide bonds. The quantitative estimate of drug-likeness (QED) is 0.296. The predicted octanol–water partition coefficient (Wildman–Crippen LogP) is 5.33. The Hall–Kier alpha value is -3.22. The van der Waals surface area contributed by atoms with E-state index in [-0.39, 0.29) is 32.8 Å². The number of ether oxygens (including phenoxy) is 6. The van der Waals surface area contributed by atoms with Crippen LogP contribution in [0.1, 0.15) is 91.5 Å². The summed E-state index contributed by atoms with van der Waals surface area (Å²) in [6.45, 7) is 19.6. The van der Waals surface area contributed by atoms with Gasteiger partial charge in [0.2, 0.25) is 11.6 Å². The Labute approximate surface area is 285 Å². The maximum absolute atomic E-state index is 13.3. The number of aliphatic hydroxyl groups excluding tert-OH is 1. The number of aliphatic hydroxyl groups is 1. The standard InChI is InChI=1S/C37H54N2O9/c1-34(2,3)45-30(41)20-38(17-25-13-11-15-27-23-43-36(7,8)47-32(25)27)19-29(22-40)39(21-31(42)46-35(4,5)6)18-26-14-12-16-28-24-44-37(9,10)48-33(26)28/h11-16,29,40H,17-24H2,1-10H3. The van der Waals surface area contributed by atoms with Gasteiger partial charge in [0.05, 0.1) is 32.9 Å². The van der Waals surface area contributed by atoms with Gasteiger partial charge in [0.25, 0.3) is 0 Å². The van der Waals surface area contributed by atoms with Gasteiger partial charge in [-0.25, -0.2) is 0 Å². The van der Waals surface area contributed by atoms with E-state index < -0.39 is 40.8 Å². The van der Waals surface area contributed by atoms with E-state index in [1.54, 1.807) is 0 Å². The van der Waals surface area contributed by atoms with E-state index in [9.17, 15) is 14.7 Å². The second kappa shape index (κ2) is 14.7. The van der Waals surface area contributed by atoms with E-state index in [1.165, 1.54) is 0 Å². The molecule has 1 unspecified atom stereocenters. The van der Waals surface area contributed by atoms with E-state index in [1.807, 2.05) is 115 Å². The van der Waals surface area contributed by atoms with Crippen molar-refractivity contribution < 1.29 is 43.1 Å². The van der Waals surface area contributed by atoms with Crippen molar-refractivity contribution in [3.05, 3.63) is 58.7 Å². The predicted molar refractivity (Wildman–Crippen MR) is 180 cm³/mol. The van der Waals surface area contributed by atoms with Gasteiger partial charge in [-0.1, -0.05) is 36.4 Å². The second-order valence-corrected chi connectivity index (χ2v) is 15.5. The third-order valence-electron chi connectivity index (χ3n) is 7.69. The molecular weight excluding hydrogens is 616 g/mol. The molecule has 0 bridgehead atoms. The molecule has 2 aromatic rings. The molecule has 2 heterocycles. The summed E-state index contributed by atoms with van der Waals surface area (Å²) < 4.78 is 35.6. The summed E-state index contributed by atoms with van der Waals surface area (Å²) in [5.41, 5.74) is 2.16. The van der Waals surface area contributed by atoms with E-state index in [0.717, 1.165) is 22.3 Å². The minimum atomic E-state index is -0.823. The maximum Gasteiger partial charge on any atom is 0.320 e. The molecule has 0 aromatic heterocycles. The van der Waals surface area contributed by atoms with Crippen molar-refractivity contribution in [1.82, 2.24) is 9.80 Å². The van der Waals surface area contributed by atoms with Crippen LogP contribution in [0.3, 0.4) is 0 Å². The van der Waals surface area contributed by atoms with Crippen molar-refractivity contribution in [3.63, 3.8) is 0 Å². The Kier molecular flexibility index (Phi) is 11.5. The van der Waals surface area contributed by atoms with Crippen LogP contribution in [-0.4, -0.2) is 81.9 Å². The normalized spacial score (nSPS) is 17.5. The summed E-state index contributed by atoms with van der Waals surface area (Å²) in [7, 11) is 0. The van der Waals surface area contributed by atoms with Crippen molar-refractivity contribution in [1.29, 1.82) is 0 Å². The average molecular weight is 671 g/mol. The van der Waals surface area contributed by atoms with Gasteiger partial charge in [-0.2, -0.15) is 0 Å². The van der Waals surface area contributed by atoms with Crippen molar-refractivity contribution in [2.75, 3.05) is 26.2 Å². The topological polar surface area (TPSA) is 116 Å². The van der Waals surface area contributed by atoms with Crippen molar-refractivity contribution in [2.24, 2.45) is 0 Å². The number of benzene rings is 2. The number of para-hydroxylation sites is 2. The lowest BCUT2D eigenvalue weighted by Gasteiger charge is -2.38. The molecule has 2 aliphatic heterocycles. The minimum absolute atomic E-state index is 0.0486. The molecule has 4 rings (SSSR count). The molecule has 0 aliphatic carbocycles. The highest BCUT2D eigenvalue weighted by molar-refractivity contribution is 5.72. The maximum atomic E-state index is 13.3. The lowest BCUT2D eigenvalue weighted by atomic mass is 10.0. The minimum Gasteiger partial charge on any atom is -0.462 e. The van der Waals surface area contributed by atoms with Crippen molar-refractivity contribution >= 4 is 11.9 Å². The number of carbonyl (C=O) groups excluding carboxylic acids is 2. The molecule has 0 spiro atoms. The number of hydrogen-bond acceptors (Lipinski definition) is 11. The van der Waals surface area contributed by atoms with Gasteiger partial charge in [-0.3, -0.25) is 19.4 Å². The van der Waals surface area contributed by atoms with Gasteiger partial charge >= 0.3 is 11.9 Å². The SMILES string of the molecule is CC(C)(C)OC(=O)CN(Cc1cccc2c1OC(C)(C)OC2)CC(CO)N(CC(=O)OC(C)(C)C)Cc1cccc2c1OC(C)(C)OC2. The van der Waals surface area contributed by atoms with Crippen molar-refractivity contribution in [2.45, 2.75) is 124 Å². The largest absolute Gasteiger partial charge is 0.462 e. The highest BCUT2D eigenvalue weighted by Gasteiger charge is 2.34. The van der Waals surface area contributed by atoms with Gasteiger partial charge < -0.3 is 33.5 Å². The Morgan fingerprint density at radius 1 is 0.771 bits per heavy atom. The van der Waals surface area contributed by atoms with Gasteiger partial charge in [0.1, 0.15) is 22.7 Å². The van der Waals surface area contributed by atoms with Crippen LogP contribution in [0.4, 0.5) is 0 Å². The lowest BCUT2D eigenvalue weighted by molar-refractivity contribution is -0.181. The number of hydrogen-bond donors (Lipinski definition) is 1. The first-order valence-electron chi connectivity index (χ1n) is 16.6. The van der Waals surface area contributed by atoms with Crippen molar-refractivity contribution in [3.8, 4) is 11.5 Å². The lowest BCUT2D eigenvalue weighted by Crippen LogP contribution is -2.50. The van der Waals surface area contributed by atoms with E-state index in [4.69, 9.17) is 28.4 Å². The zero-order valence-electron chi connectivity index (χ0n) is 30.3. The summed E-state index contributed by atoms with van der Waals surface area (Å²) in [6, 6.07) is 11.1. The molecule has 0 saturated carbocycles. The summed E-state index contributed by atoms with van der Waals surface area (Å²) in [5.74, 6) is -1.05. The average Bonchev–Trinajstić information content (AvgIpc) is 2.93. The van der Waals surface area contributed by atoms with E-state index in [0.29, 0.717) is 31.3 Å². The zero-order chi connectivity index (χ0) is 35.5. The molecule has 2 aliphatic rings. The van der Waals surface area contributed by atoms with Crippen LogP contribution in [0.25, 0.3) is 0 Å². The Morgan fingerprint density at radius 2 is 1.23 bits per heavy atom. The third-order valence-corrected chi connectivity index (χ3v) is 7.69. The second-order valence-electron chi connectivity index (χ2n) is 15.5. The molecule has 0 radical (unpaired) electrons. The highest BCUT2D eigenvalue weighted by Crippen LogP contribution is 2.36. The molecule has 11 nitrogen and oxygen atoms in total. The zero-order valence-corrected chi connectivity index (χ0v) is 30.3. The molecule has 0 fully saturated rings. The molecule has 1 N–H and O–H groups in total. The summed E-state index contributed by atoms with van der Waals surface area (Å²) in [5, 5.41) is 10.9. The molecule has 0 saturated heterocycles. The molecule has 48 heavy (non-hydrogen) atoms. The van der Waals surface area contributed by atoms with E-state index in [2.05, 4.69) is 0 Å². The third kappa shape index (κ3) is 10.9. The number of rotatable bonds is 12. The Bertz CT molecular complexity index is 1440.